The van der Waals surface area contributed by atoms with Crippen molar-refractivity contribution in [1.82, 2.24) is 5.32 Å². The standard InChI is InChI=1S/C11H23NO2/c1-9(5-6-10(13)14)12-8-7-11(2,3)4/h9,12H,5-8H2,1-4H3,(H,13,14). The zero-order chi connectivity index (χ0) is 11.2. The molecule has 0 saturated heterocycles. The number of rotatable bonds is 6. The number of carboxylic acids is 1. The Hall–Kier alpha value is -0.570. The van der Waals surface area contributed by atoms with E-state index < -0.39 is 5.97 Å². The van der Waals surface area contributed by atoms with Crippen LogP contribution in [0.4, 0.5) is 0 Å². The van der Waals surface area contributed by atoms with Crippen molar-refractivity contribution in [2.24, 2.45) is 5.41 Å². The largest absolute Gasteiger partial charge is 0.481 e. The number of aliphatic carboxylic acids is 1. The van der Waals surface area contributed by atoms with Gasteiger partial charge in [-0.2, -0.15) is 0 Å². The zero-order valence-electron chi connectivity index (χ0n) is 9.76. The fourth-order valence-electron chi connectivity index (χ4n) is 1.14. The van der Waals surface area contributed by atoms with Crippen LogP contribution in [0.2, 0.25) is 0 Å². The Balaban J connectivity index is 3.45. The summed E-state index contributed by atoms with van der Waals surface area (Å²) in [4.78, 5) is 10.3. The Morgan fingerprint density at radius 3 is 2.43 bits per heavy atom. The van der Waals surface area contributed by atoms with Gasteiger partial charge in [0.05, 0.1) is 0 Å². The maximum Gasteiger partial charge on any atom is 0.303 e. The highest BCUT2D eigenvalue weighted by atomic mass is 16.4. The molecule has 0 aromatic rings. The molecule has 2 N–H and O–H groups in total. The predicted octanol–water partition coefficient (Wildman–Crippen LogP) is 2.27. The van der Waals surface area contributed by atoms with E-state index in [-0.39, 0.29) is 6.42 Å². The van der Waals surface area contributed by atoms with Crippen molar-refractivity contribution in [1.29, 1.82) is 0 Å². The summed E-state index contributed by atoms with van der Waals surface area (Å²) in [6.45, 7) is 9.61. The smallest absolute Gasteiger partial charge is 0.303 e. The molecule has 0 bridgehead atoms. The Labute approximate surface area is 86.9 Å². The monoisotopic (exact) mass is 201 g/mol. The average molecular weight is 201 g/mol. The molecule has 0 heterocycles. The van der Waals surface area contributed by atoms with E-state index >= 15 is 0 Å². The van der Waals surface area contributed by atoms with Crippen LogP contribution in [-0.4, -0.2) is 23.7 Å². The van der Waals surface area contributed by atoms with Crippen LogP contribution >= 0.6 is 0 Å². The summed E-state index contributed by atoms with van der Waals surface area (Å²) in [5, 5.41) is 11.8. The number of carbonyl (C=O) groups is 1. The molecule has 1 unspecified atom stereocenters. The van der Waals surface area contributed by atoms with E-state index in [9.17, 15) is 4.79 Å². The molecule has 3 nitrogen and oxygen atoms in total. The summed E-state index contributed by atoms with van der Waals surface area (Å²) in [7, 11) is 0. The Kier molecular flexibility index (Phi) is 5.77. The third-order valence-corrected chi connectivity index (χ3v) is 2.16. The summed E-state index contributed by atoms with van der Waals surface area (Å²) in [6, 6.07) is 0.299. The third-order valence-electron chi connectivity index (χ3n) is 2.16. The number of hydrogen-bond acceptors (Lipinski definition) is 2. The fourth-order valence-corrected chi connectivity index (χ4v) is 1.14. The molecule has 0 aromatic heterocycles. The molecule has 0 aliphatic rings. The molecule has 0 rings (SSSR count). The van der Waals surface area contributed by atoms with E-state index in [0.29, 0.717) is 17.9 Å². The second-order valence-electron chi connectivity index (χ2n) is 5.10. The lowest BCUT2D eigenvalue weighted by atomic mass is 9.92. The number of carboxylic acid groups (broad SMARTS) is 1. The number of hydrogen-bond donors (Lipinski definition) is 2. The number of nitrogens with one attached hydrogen (secondary N) is 1. The maximum atomic E-state index is 10.3. The topological polar surface area (TPSA) is 49.3 Å². The minimum Gasteiger partial charge on any atom is -0.481 e. The molecule has 0 fully saturated rings. The van der Waals surface area contributed by atoms with E-state index in [4.69, 9.17) is 5.11 Å². The van der Waals surface area contributed by atoms with E-state index in [1.807, 2.05) is 6.92 Å². The van der Waals surface area contributed by atoms with E-state index in [0.717, 1.165) is 13.0 Å². The molecule has 0 aliphatic heterocycles. The lowest BCUT2D eigenvalue weighted by molar-refractivity contribution is -0.137. The van der Waals surface area contributed by atoms with Crippen LogP contribution in [0, 0.1) is 5.41 Å². The van der Waals surface area contributed by atoms with Crippen LogP contribution in [-0.2, 0) is 4.79 Å². The second-order valence-corrected chi connectivity index (χ2v) is 5.10. The lowest BCUT2D eigenvalue weighted by Gasteiger charge is -2.20. The van der Waals surface area contributed by atoms with Gasteiger partial charge in [0.2, 0.25) is 0 Å². The van der Waals surface area contributed by atoms with E-state index in [2.05, 4.69) is 26.1 Å². The van der Waals surface area contributed by atoms with Crippen LogP contribution in [0.5, 0.6) is 0 Å². The molecule has 0 aromatic carbocycles. The fraction of sp³-hybridized carbons (Fsp3) is 0.909. The zero-order valence-corrected chi connectivity index (χ0v) is 9.76. The molecule has 0 radical (unpaired) electrons. The molecular formula is C11H23NO2. The van der Waals surface area contributed by atoms with Crippen LogP contribution in [0.3, 0.4) is 0 Å². The Morgan fingerprint density at radius 1 is 1.43 bits per heavy atom. The van der Waals surface area contributed by atoms with Gasteiger partial charge in [-0.15, -0.1) is 0 Å². The summed E-state index contributed by atoms with van der Waals surface area (Å²) in [6.07, 6.45) is 2.08. The summed E-state index contributed by atoms with van der Waals surface area (Å²) < 4.78 is 0. The highest BCUT2D eigenvalue weighted by Gasteiger charge is 2.10. The van der Waals surface area contributed by atoms with E-state index in [1.54, 1.807) is 0 Å². The normalized spacial score (nSPS) is 14.0. The minimum absolute atomic E-state index is 0.254. The van der Waals surface area contributed by atoms with Gasteiger partial charge >= 0.3 is 5.97 Å². The van der Waals surface area contributed by atoms with Gasteiger partial charge in [-0.1, -0.05) is 20.8 Å². The molecule has 3 heteroatoms. The molecule has 14 heavy (non-hydrogen) atoms. The van der Waals surface area contributed by atoms with Crippen molar-refractivity contribution in [2.75, 3.05) is 6.54 Å². The van der Waals surface area contributed by atoms with Crippen LogP contribution < -0.4 is 5.32 Å². The molecule has 0 saturated carbocycles. The third kappa shape index (κ3) is 9.52. The minimum atomic E-state index is -0.713. The van der Waals surface area contributed by atoms with Crippen molar-refractivity contribution >= 4 is 5.97 Å². The van der Waals surface area contributed by atoms with Gasteiger partial charge in [0.1, 0.15) is 0 Å². The lowest BCUT2D eigenvalue weighted by Crippen LogP contribution is -2.29. The highest BCUT2D eigenvalue weighted by Crippen LogP contribution is 2.17. The summed E-state index contributed by atoms with van der Waals surface area (Å²) in [5.74, 6) is -0.713. The molecule has 0 amide bonds. The van der Waals surface area contributed by atoms with Crippen molar-refractivity contribution in [3.8, 4) is 0 Å². The maximum absolute atomic E-state index is 10.3. The summed E-state index contributed by atoms with van der Waals surface area (Å²) >= 11 is 0. The molecule has 84 valence electrons. The first-order valence-corrected chi connectivity index (χ1v) is 5.26. The molecular weight excluding hydrogens is 178 g/mol. The molecule has 0 spiro atoms. The first-order chi connectivity index (χ1) is 6.31. The SMILES string of the molecule is CC(CCC(=O)O)NCCC(C)(C)C. The second kappa shape index (κ2) is 6.02. The van der Waals surface area contributed by atoms with E-state index in [1.165, 1.54) is 0 Å². The van der Waals surface area contributed by atoms with Crippen LogP contribution in [0.1, 0.15) is 47.0 Å². The van der Waals surface area contributed by atoms with Gasteiger partial charge in [0, 0.05) is 12.5 Å². The van der Waals surface area contributed by atoms with Crippen LogP contribution in [0.25, 0.3) is 0 Å². The Morgan fingerprint density at radius 2 is 2.00 bits per heavy atom. The predicted molar refractivity (Wildman–Crippen MR) is 58.4 cm³/mol. The molecule has 0 aliphatic carbocycles. The average Bonchev–Trinajstić information content (AvgIpc) is 1.98. The van der Waals surface area contributed by atoms with Gasteiger partial charge < -0.3 is 10.4 Å². The first-order valence-electron chi connectivity index (χ1n) is 5.26. The molecule has 1 atom stereocenters. The van der Waals surface area contributed by atoms with Gasteiger partial charge in [-0.05, 0) is 31.7 Å². The van der Waals surface area contributed by atoms with Gasteiger partial charge in [-0.25, -0.2) is 0 Å². The summed E-state index contributed by atoms with van der Waals surface area (Å²) in [5.41, 5.74) is 0.347. The van der Waals surface area contributed by atoms with Gasteiger partial charge in [0.15, 0.2) is 0 Å². The Bertz CT molecular complexity index is 173. The quantitative estimate of drug-likeness (QED) is 0.693. The highest BCUT2D eigenvalue weighted by molar-refractivity contribution is 5.66. The van der Waals surface area contributed by atoms with Gasteiger partial charge in [-0.3, -0.25) is 4.79 Å². The van der Waals surface area contributed by atoms with Gasteiger partial charge in [0.25, 0.3) is 0 Å². The van der Waals surface area contributed by atoms with Crippen molar-refractivity contribution < 1.29 is 9.90 Å². The van der Waals surface area contributed by atoms with Crippen molar-refractivity contribution in [3.63, 3.8) is 0 Å². The van der Waals surface area contributed by atoms with Crippen LogP contribution in [0.15, 0.2) is 0 Å². The van der Waals surface area contributed by atoms with Crippen molar-refractivity contribution in [3.05, 3.63) is 0 Å². The first kappa shape index (κ1) is 13.4. The van der Waals surface area contributed by atoms with Crippen molar-refractivity contribution in [2.45, 2.75) is 53.0 Å².